The van der Waals surface area contributed by atoms with E-state index in [0.29, 0.717) is 6.04 Å². The van der Waals surface area contributed by atoms with Gasteiger partial charge < -0.3 is 10.2 Å². The van der Waals surface area contributed by atoms with Gasteiger partial charge in [0.25, 0.3) is 0 Å². The number of benzene rings is 1. The number of aromatic nitrogens is 1. The molecular weight excluding hydrogens is 314 g/mol. The van der Waals surface area contributed by atoms with Crippen LogP contribution in [-0.4, -0.2) is 19.1 Å². The Morgan fingerprint density at radius 1 is 1.30 bits per heavy atom. The second-order valence-corrected chi connectivity index (χ2v) is 5.75. The molecule has 1 aromatic heterocycles. The summed E-state index contributed by atoms with van der Waals surface area (Å²) < 4.78 is 1.11. The van der Waals surface area contributed by atoms with Crippen LogP contribution in [0.1, 0.15) is 24.2 Å². The van der Waals surface area contributed by atoms with Crippen LogP contribution >= 0.6 is 15.9 Å². The van der Waals surface area contributed by atoms with Crippen LogP contribution in [0.4, 0.5) is 5.69 Å². The summed E-state index contributed by atoms with van der Waals surface area (Å²) in [5.41, 5.74) is 3.51. The van der Waals surface area contributed by atoms with Gasteiger partial charge in [0.2, 0.25) is 0 Å². The van der Waals surface area contributed by atoms with Gasteiger partial charge in [-0.1, -0.05) is 12.1 Å². The summed E-state index contributed by atoms with van der Waals surface area (Å²) >= 11 is 3.67. The average Bonchev–Trinajstić information content (AvgIpc) is 2.47. The summed E-state index contributed by atoms with van der Waals surface area (Å²) in [6.45, 7) is 2.94. The molecule has 1 N–H and O–H groups in total. The molecule has 0 aliphatic carbocycles. The summed E-state index contributed by atoms with van der Waals surface area (Å²) in [5.74, 6) is 0. The number of nitrogens with zero attached hydrogens (tertiary/aromatic N) is 2. The largest absolute Gasteiger partial charge is 0.368 e. The van der Waals surface area contributed by atoms with Gasteiger partial charge in [-0.05, 0) is 59.7 Å². The van der Waals surface area contributed by atoms with Crippen LogP contribution in [0, 0.1) is 0 Å². The number of rotatable bonds is 5. The lowest BCUT2D eigenvalue weighted by Gasteiger charge is -2.22. The molecule has 1 aromatic carbocycles. The van der Waals surface area contributed by atoms with Crippen LogP contribution in [0.25, 0.3) is 0 Å². The molecule has 4 heteroatoms. The SMILES string of the molecule is CNC(C)c1ccc(N(C)Cc2ccccn2)c(Br)c1. The molecule has 20 heavy (non-hydrogen) atoms. The third-order valence-electron chi connectivity index (χ3n) is 3.44. The van der Waals surface area contributed by atoms with Crippen molar-refractivity contribution in [3.8, 4) is 0 Å². The van der Waals surface area contributed by atoms with E-state index in [1.54, 1.807) is 0 Å². The van der Waals surface area contributed by atoms with Crippen molar-refractivity contribution in [2.75, 3.05) is 19.0 Å². The average molecular weight is 334 g/mol. The number of nitrogens with one attached hydrogen (secondary N) is 1. The standard InChI is InChI=1S/C16H20BrN3/c1-12(18-2)13-7-8-16(15(17)10-13)20(3)11-14-6-4-5-9-19-14/h4-10,12,18H,11H2,1-3H3. The molecule has 0 radical (unpaired) electrons. The number of halogens is 1. The molecule has 1 atom stereocenters. The summed E-state index contributed by atoms with van der Waals surface area (Å²) in [4.78, 5) is 6.56. The van der Waals surface area contributed by atoms with Gasteiger partial charge in [0, 0.05) is 23.8 Å². The molecule has 106 valence electrons. The Balaban J connectivity index is 2.16. The van der Waals surface area contributed by atoms with Crippen molar-refractivity contribution < 1.29 is 0 Å². The highest BCUT2D eigenvalue weighted by atomic mass is 79.9. The van der Waals surface area contributed by atoms with E-state index in [2.05, 4.69) is 63.3 Å². The number of pyridine rings is 1. The Labute approximate surface area is 129 Å². The molecular formula is C16H20BrN3. The minimum Gasteiger partial charge on any atom is -0.368 e. The number of hydrogen-bond acceptors (Lipinski definition) is 3. The van der Waals surface area contributed by atoms with Gasteiger partial charge >= 0.3 is 0 Å². The zero-order chi connectivity index (χ0) is 14.5. The van der Waals surface area contributed by atoms with E-state index in [-0.39, 0.29) is 0 Å². The van der Waals surface area contributed by atoms with E-state index in [1.807, 2.05) is 31.4 Å². The molecule has 2 rings (SSSR count). The second-order valence-electron chi connectivity index (χ2n) is 4.90. The van der Waals surface area contributed by atoms with E-state index in [0.717, 1.165) is 16.7 Å². The fraction of sp³-hybridized carbons (Fsp3) is 0.312. The van der Waals surface area contributed by atoms with Crippen LogP contribution in [0.3, 0.4) is 0 Å². The molecule has 0 saturated carbocycles. The van der Waals surface area contributed by atoms with Gasteiger partial charge in [-0.3, -0.25) is 4.98 Å². The molecule has 0 aliphatic rings. The molecule has 0 amide bonds. The second kappa shape index (κ2) is 6.86. The fourth-order valence-electron chi connectivity index (χ4n) is 2.09. The van der Waals surface area contributed by atoms with Crippen molar-refractivity contribution in [1.82, 2.24) is 10.3 Å². The molecule has 0 fully saturated rings. The van der Waals surface area contributed by atoms with Crippen LogP contribution in [-0.2, 0) is 6.54 Å². The van der Waals surface area contributed by atoms with Crippen molar-refractivity contribution >= 4 is 21.6 Å². The van der Waals surface area contributed by atoms with E-state index in [4.69, 9.17) is 0 Å². The molecule has 0 saturated heterocycles. The van der Waals surface area contributed by atoms with E-state index >= 15 is 0 Å². The van der Waals surface area contributed by atoms with Gasteiger partial charge in [0.05, 0.1) is 17.9 Å². The lowest BCUT2D eigenvalue weighted by Crippen LogP contribution is -2.18. The Morgan fingerprint density at radius 2 is 2.10 bits per heavy atom. The molecule has 0 spiro atoms. The quantitative estimate of drug-likeness (QED) is 0.902. The van der Waals surface area contributed by atoms with Crippen molar-refractivity contribution in [3.05, 3.63) is 58.3 Å². The number of hydrogen-bond donors (Lipinski definition) is 1. The van der Waals surface area contributed by atoms with Gasteiger partial charge in [0.1, 0.15) is 0 Å². The smallest absolute Gasteiger partial charge is 0.0599 e. The first kappa shape index (κ1) is 15.0. The summed E-state index contributed by atoms with van der Waals surface area (Å²) in [5, 5.41) is 3.25. The highest BCUT2D eigenvalue weighted by Gasteiger charge is 2.10. The van der Waals surface area contributed by atoms with Crippen LogP contribution in [0.5, 0.6) is 0 Å². The molecule has 3 nitrogen and oxygen atoms in total. The highest BCUT2D eigenvalue weighted by Crippen LogP contribution is 2.29. The minimum absolute atomic E-state index is 0.349. The first-order valence-electron chi connectivity index (χ1n) is 6.69. The van der Waals surface area contributed by atoms with Gasteiger partial charge in [-0.25, -0.2) is 0 Å². The maximum atomic E-state index is 4.37. The third kappa shape index (κ3) is 3.58. The van der Waals surface area contributed by atoms with Crippen LogP contribution in [0.15, 0.2) is 47.1 Å². The lowest BCUT2D eigenvalue weighted by molar-refractivity contribution is 0.652. The van der Waals surface area contributed by atoms with E-state index in [1.165, 1.54) is 11.3 Å². The normalized spacial score (nSPS) is 12.2. The molecule has 0 bridgehead atoms. The zero-order valence-electron chi connectivity index (χ0n) is 12.1. The minimum atomic E-state index is 0.349. The van der Waals surface area contributed by atoms with Crippen molar-refractivity contribution in [2.45, 2.75) is 19.5 Å². The maximum Gasteiger partial charge on any atom is 0.0599 e. The third-order valence-corrected chi connectivity index (χ3v) is 4.08. The van der Waals surface area contributed by atoms with Crippen molar-refractivity contribution in [3.63, 3.8) is 0 Å². The van der Waals surface area contributed by atoms with Gasteiger partial charge in [-0.15, -0.1) is 0 Å². The molecule has 1 unspecified atom stereocenters. The topological polar surface area (TPSA) is 28.2 Å². The van der Waals surface area contributed by atoms with E-state index < -0.39 is 0 Å². The first-order chi connectivity index (χ1) is 9.61. The van der Waals surface area contributed by atoms with Crippen molar-refractivity contribution in [2.24, 2.45) is 0 Å². The lowest BCUT2D eigenvalue weighted by atomic mass is 10.1. The van der Waals surface area contributed by atoms with Crippen LogP contribution in [0.2, 0.25) is 0 Å². The fourth-order valence-corrected chi connectivity index (χ4v) is 2.79. The summed E-state index contributed by atoms with van der Waals surface area (Å²) in [6, 6.07) is 12.8. The maximum absolute atomic E-state index is 4.37. The monoisotopic (exact) mass is 333 g/mol. The summed E-state index contributed by atoms with van der Waals surface area (Å²) in [6.07, 6.45) is 1.83. The highest BCUT2D eigenvalue weighted by molar-refractivity contribution is 9.10. The van der Waals surface area contributed by atoms with Crippen molar-refractivity contribution in [1.29, 1.82) is 0 Å². The predicted octanol–water partition coefficient (Wildman–Crippen LogP) is 3.76. The van der Waals surface area contributed by atoms with Crippen LogP contribution < -0.4 is 10.2 Å². The Kier molecular flexibility index (Phi) is 5.15. The molecule has 2 aromatic rings. The molecule has 1 heterocycles. The van der Waals surface area contributed by atoms with E-state index in [9.17, 15) is 0 Å². The Morgan fingerprint density at radius 3 is 2.70 bits per heavy atom. The molecule has 0 aliphatic heterocycles. The summed E-state index contributed by atoms with van der Waals surface area (Å²) in [7, 11) is 4.05. The Hall–Kier alpha value is -1.39. The first-order valence-corrected chi connectivity index (χ1v) is 7.49. The number of anilines is 1. The predicted molar refractivity (Wildman–Crippen MR) is 88.0 cm³/mol. The van der Waals surface area contributed by atoms with Gasteiger partial charge in [0.15, 0.2) is 0 Å². The Bertz CT molecular complexity index is 557. The zero-order valence-corrected chi connectivity index (χ0v) is 13.7. The van der Waals surface area contributed by atoms with Gasteiger partial charge in [-0.2, -0.15) is 0 Å².